The lowest BCUT2D eigenvalue weighted by Crippen LogP contribution is -1.97. The Morgan fingerprint density at radius 1 is 1.11 bits per heavy atom. The topological polar surface area (TPSA) is 47.6 Å². The van der Waals surface area contributed by atoms with Gasteiger partial charge in [0.15, 0.2) is 0 Å². The summed E-state index contributed by atoms with van der Waals surface area (Å²) in [6.07, 6.45) is 0.688. The first kappa shape index (κ1) is 7.98. The molecule has 0 aliphatic heterocycles. The lowest BCUT2D eigenvalue weighted by atomic mass is 10.0. The summed E-state index contributed by atoms with van der Waals surface area (Å²) in [6.45, 7) is 3.65. The molecule has 2 atom stereocenters. The molecule has 0 aromatic carbocycles. The number of hydrogen-bond donors (Lipinski definition) is 0. The molecular formula is C7H10N2. The molecular weight excluding hydrogens is 112 g/mol. The smallest absolute Gasteiger partial charge is 0.0653 e. The largest absolute Gasteiger partial charge is 0.198 e. The predicted octanol–water partition coefficient (Wildman–Crippen LogP) is 1.70. The zero-order chi connectivity index (χ0) is 7.28. The highest BCUT2D eigenvalue weighted by Crippen LogP contribution is 2.08. The van der Waals surface area contributed by atoms with Crippen molar-refractivity contribution < 1.29 is 0 Å². The molecule has 2 nitrogen and oxygen atoms in total. The van der Waals surface area contributed by atoms with Crippen LogP contribution >= 0.6 is 0 Å². The van der Waals surface area contributed by atoms with Crippen molar-refractivity contribution in [2.24, 2.45) is 11.8 Å². The fourth-order valence-corrected chi connectivity index (χ4v) is 0.636. The number of hydrogen-bond acceptors (Lipinski definition) is 2. The molecule has 0 bridgehead atoms. The molecule has 0 aliphatic carbocycles. The third kappa shape index (κ3) is 3.55. The summed E-state index contributed by atoms with van der Waals surface area (Å²) in [6, 6.07) is 4.16. The lowest BCUT2D eigenvalue weighted by Gasteiger charge is -2.00. The molecule has 0 spiro atoms. The Balaban J connectivity index is 3.53. The third-order valence-electron chi connectivity index (χ3n) is 1.15. The Hall–Kier alpha value is -1.02. The fourth-order valence-electron chi connectivity index (χ4n) is 0.636. The molecule has 0 heterocycles. The second-order valence-electron chi connectivity index (χ2n) is 2.30. The van der Waals surface area contributed by atoms with Gasteiger partial charge < -0.3 is 0 Å². The van der Waals surface area contributed by atoms with E-state index in [1.54, 1.807) is 0 Å². The summed E-state index contributed by atoms with van der Waals surface area (Å²) in [5.74, 6) is 0.0271. The first-order chi connectivity index (χ1) is 4.20. The van der Waals surface area contributed by atoms with E-state index in [-0.39, 0.29) is 11.8 Å². The molecule has 0 aromatic rings. The highest BCUT2D eigenvalue weighted by atomic mass is 14.3. The van der Waals surface area contributed by atoms with E-state index in [9.17, 15) is 0 Å². The van der Waals surface area contributed by atoms with Gasteiger partial charge in [-0.3, -0.25) is 0 Å². The molecule has 0 rings (SSSR count). The molecule has 0 fully saturated rings. The summed E-state index contributed by atoms with van der Waals surface area (Å²) in [7, 11) is 0. The normalized spacial score (nSPS) is 15.1. The Kier molecular flexibility index (Phi) is 3.48. The summed E-state index contributed by atoms with van der Waals surface area (Å²) in [4.78, 5) is 0. The van der Waals surface area contributed by atoms with E-state index in [4.69, 9.17) is 10.5 Å². The summed E-state index contributed by atoms with van der Waals surface area (Å²) >= 11 is 0. The van der Waals surface area contributed by atoms with Crippen molar-refractivity contribution in [3.8, 4) is 12.1 Å². The minimum atomic E-state index is 0.0136. The van der Waals surface area contributed by atoms with Gasteiger partial charge in [0.25, 0.3) is 0 Å². The van der Waals surface area contributed by atoms with E-state index in [0.29, 0.717) is 6.42 Å². The van der Waals surface area contributed by atoms with Crippen LogP contribution in [0.1, 0.15) is 20.3 Å². The van der Waals surface area contributed by atoms with Gasteiger partial charge in [-0.05, 0) is 20.3 Å². The molecule has 0 N–H and O–H groups in total. The van der Waals surface area contributed by atoms with E-state index in [2.05, 4.69) is 12.1 Å². The summed E-state index contributed by atoms with van der Waals surface area (Å²) in [5.41, 5.74) is 0. The van der Waals surface area contributed by atoms with Crippen molar-refractivity contribution in [2.45, 2.75) is 20.3 Å². The van der Waals surface area contributed by atoms with Crippen LogP contribution in [0, 0.1) is 34.5 Å². The van der Waals surface area contributed by atoms with Crippen molar-refractivity contribution in [3.63, 3.8) is 0 Å². The van der Waals surface area contributed by atoms with Crippen LogP contribution in [0.3, 0.4) is 0 Å². The molecule has 0 aliphatic rings. The first-order valence-electron chi connectivity index (χ1n) is 3.00. The van der Waals surface area contributed by atoms with E-state index in [1.165, 1.54) is 0 Å². The van der Waals surface area contributed by atoms with Gasteiger partial charge in [-0.2, -0.15) is 10.5 Å². The SMILES string of the molecule is C[C@H](C#N)C[C@H](C)C#N. The van der Waals surface area contributed by atoms with Crippen LogP contribution in [0.4, 0.5) is 0 Å². The molecule has 0 radical (unpaired) electrons. The standard InChI is InChI=1S/C7H10N2/c1-6(4-8)3-7(2)5-9/h6-7H,3H2,1-2H3/t6-,7-/m0/s1. The zero-order valence-corrected chi connectivity index (χ0v) is 5.76. The molecule has 0 saturated heterocycles. The molecule has 0 amide bonds. The maximum absolute atomic E-state index is 8.32. The summed E-state index contributed by atoms with van der Waals surface area (Å²) in [5, 5.41) is 16.6. The van der Waals surface area contributed by atoms with Crippen LogP contribution in [-0.4, -0.2) is 0 Å². The van der Waals surface area contributed by atoms with Gasteiger partial charge in [-0.25, -0.2) is 0 Å². The average Bonchev–Trinajstić information content (AvgIpc) is 1.87. The van der Waals surface area contributed by atoms with Crippen molar-refractivity contribution in [1.82, 2.24) is 0 Å². The minimum absolute atomic E-state index is 0.0136. The summed E-state index contributed by atoms with van der Waals surface area (Å²) < 4.78 is 0. The van der Waals surface area contributed by atoms with Gasteiger partial charge in [0.05, 0.1) is 12.1 Å². The molecule has 9 heavy (non-hydrogen) atoms. The van der Waals surface area contributed by atoms with Crippen molar-refractivity contribution in [2.75, 3.05) is 0 Å². The quantitative estimate of drug-likeness (QED) is 0.559. The van der Waals surface area contributed by atoms with Gasteiger partial charge in [0, 0.05) is 11.8 Å². The monoisotopic (exact) mass is 122 g/mol. The van der Waals surface area contributed by atoms with E-state index in [0.717, 1.165) is 0 Å². The van der Waals surface area contributed by atoms with Crippen molar-refractivity contribution in [3.05, 3.63) is 0 Å². The average molecular weight is 122 g/mol. The molecule has 2 heteroatoms. The van der Waals surface area contributed by atoms with Crippen molar-refractivity contribution in [1.29, 1.82) is 10.5 Å². The van der Waals surface area contributed by atoms with E-state index < -0.39 is 0 Å². The molecule has 0 saturated carbocycles. The van der Waals surface area contributed by atoms with Crippen LogP contribution in [0.2, 0.25) is 0 Å². The van der Waals surface area contributed by atoms with Crippen LogP contribution < -0.4 is 0 Å². The van der Waals surface area contributed by atoms with Crippen LogP contribution in [0.25, 0.3) is 0 Å². The lowest BCUT2D eigenvalue weighted by molar-refractivity contribution is 0.561. The van der Waals surface area contributed by atoms with Gasteiger partial charge in [0.1, 0.15) is 0 Å². The Bertz CT molecular complexity index is 131. The highest BCUT2D eigenvalue weighted by Gasteiger charge is 2.04. The number of nitriles is 2. The van der Waals surface area contributed by atoms with Gasteiger partial charge >= 0.3 is 0 Å². The van der Waals surface area contributed by atoms with Crippen LogP contribution in [0.15, 0.2) is 0 Å². The molecule has 0 aromatic heterocycles. The second kappa shape index (κ2) is 3.92. The predicted molar refractivity (Wildman–Crippen MR) is 34.2 cm³/mol. The Labute approximate surface area is 55.7 Å². The Morgan fingerprint density at radius 2 is 1.44 bits per heavy atom. The van der Waals surface area contributed by atoms with E-state index in [1.807, 2.05) is 13.8 Å². The third-order valence-corrected chi connectivity index (χ3v) is 1.15. The maximum Gasteiger partial charge on any atom is 0.0653 e. The van der Waals surface area contributed by atoms with Crippen molar-refractivity contribution >= 4 is 0 Å². The fraction of sp³-hybridized carbons (Fsp3) is 0.714. The molecule has 0 unspecified atom stereocenters. The molecule has 48 valence electrons. The van der Waals surface area contributed by atoms with Gasteiger partial charge in [0.2, 0.25) is 0 Å². The van der Waals surface area contributed by atoms with E-state index >= 15 is 0 Å². The minimum Gasteiger partial charge on any atom is -0.198 e. The zero-order valence-electron chi connectivity index (χ0n) is 5.76. The number of nitrogens with zero attached hydrogens (tertiary/aromatic N) is 2. The first-order valence-corrected chi connectivity index (χ1v) is 3.00. The highest BCUT2D eigenvalue weighted by molar-refractivity contribution is 4.86. The maximum atomic E-state index is 8.32. The van der Waals surface area contributed by atoms with Crippen LogP contribution in [0.5, 0.6) is 0 Å². The number of rotatable bonds is 2. The van der Waals surface area contributed by atoms with Gasteiger partial charge in [-0.15, -0.1) is 0 Å². The van der Waals surface area contributed by atoms with Gasteiger partial charge in [-0.1, -0.05) is 0 Å². The van der Waals surface area contributed by atoms with Crippen LogP contribution in [-0.2, 0) is 0 Å². The second-order valence-corrected chi connectivity index (χ2v) is 2.30. The Morgan fingerprint density at radius 3 is 1.67 bits per heavy atom.